The van der Waals surface area contributed by atoms with Gasteiger partial charge in [-0.15, -0.1) is 0 Å². The van der Waals surface area contributed by atoms with Crippen LogP contribution in [0, 0.1) is 5.41 Å². The molecular weight excluding hydrogens is 164 g/mol. The van der Waals surface area contributed by atoms with Gasteiger partial charge in [0.15, 0.2) is 5.78 Å². The molecule has 2 heteroatoms. The van der Waals surface area contributed by atoms with Gasteiger partial charge in [-0.25, -0.2) is 0 Å². The van der Waals surface area contributed by atoms with E-state index < -0.39 is 0 Å². The highest BCUT2D eigenvalue weighted by molar-refractivity contribution is 5.91. The first-order valence-electron chi connectivity index (χ1n) is 4.79. The van der Waals surface area contributed by atoms with E-state index >= 15 is 0 Å². The zero-order valence-electron chi connectivity index (χ0n) is 8.72. The minimum atomic E-state index is 0.184. The molecule has 2 nitrogen and oxygen atoms in total. The van der Waals surface area contributed by atoms with Gasteiger partial charge in [-0.1, -0.05) is 12.5 Å². The maximum absolute atomic E-state index is 11.1. The summed E-state index contributed by atoms with van der Waals surface area (Å²) in [5.41, 5.74) is 1.39. The molecule has 0 aromatic carbocycles. The fourth-order valence-corrected chi connectivity index (χ4v) is 1.73. The quantitative estimate of drug-likeness (QED) is 0.669. The number of carbonyl (C=O) groups excluding carboxylic acids is 1. The molecule has 74 valence electrons. The van der Waals surface area contributed by atoms with Crippen molar-refractivity contribution >= 4 is 5.78 Å². The maximum Gasteiger partial charge on any atom is 0.155 e. The number of hydrogen-bond donors (Lipinski definition) is 0. The second-order valence-electron chi connectivity index (χ2n) is 4.10. The SMILES string of the molecule is COCCC1(C)CCC(=O)C=C1C. The molecule has 0 bridgehead atoms. The van der Waals surface area contributed by atoms with Gasteiger partial charge in [0.05, 0.1) is 0 Å². The number of methoxy groups -OCH3 is 1. The maximum atomic E-state index is 11.1. The molecule has 0 saturated heterocycles. The summed E-state index contributed by atoms with van der Waals surface area (Å²) >= 11 is 0. The Hall–Kier alpha value is -0.630. The van der Waals surface area contributed by atoms with Gasteiger partial charge in [0, 0.05) is 20.1 Å². The summed E-state index contributed by atoms with van der Waals surface area (Å²) in [5.74, 6) is 0.271. The number of hydrogen-bond acceptors (Lipinski definition) is 2. The van der Waals surface area contributed by atoms with Crippen LogP contribution in [-0.2, 0) is 9.53 Å². The third-order valence-corrected chi connectivity index (χ3v) is 3.11. The zero-order chi connectivity index (χ0) is 9.90. The van der Waals surface area contributed by atoms with Crippen molar-refractivity contribution in [1.82, 2.24) is 0 Å². The minimum absolute atomic E-state index is 0.184. The van der Waals surface area contributed by atoms with Crippen LogP contribution in [0.4, 0.5) is 0 Å². The van der Waals surface area contributed by atoms with Gasteiger partial charge < -0.3 is 4.74 Å². The Morgan fingerprint density at radius 3 is 2.85 bits per heavy atom. The summed E-state index contributed by atoms with van der Waals surface area (Å²) in [6.45, 7) is 5.03. The van der Waals surface area contributed by atoms with Crippen LogP contribution in [0.5, 0.6) is 0 Å². The molecule has 0 spiro atoms. The average molecular weight is 182 g/mol. The molecule has 0 aromatic rings. The predicted molar refractivity (Wildman–Crippen MR) is 52.6 cm³/mol. The second-order valence-corrected chi connectivity index (χ2v) is 4.10. The molecule has 1 aliphatic rings. The van der Waals surface area contributed by atoms with Crippen molar-refractivity contribution < 1.29 is 9.53 Å². The highest BCUT2D eigenvalue weighted by Crippen LogP contribution is 2.38. The summed E-state index contributed by atoms with van der Waals surface area (Å²) in [4.78, 5) is 11.1. The predicted octanol–water partition coefficient (Wildman–Crippen LogP) is 2.34. The van der Waals surface area contributed by atoms with E-state index in [0.717, 1.165) is 19.4 Å². The Kier molecular flexibility index (Phi) is 3.26. The summed E-state index contributed by atoms with van der Waals surface area (Å²) in [5, 5.41) is 0. The minimum Gasteiger partial charge on any atom is -0.385 e. The highest BCUT2D eigenvalue weighted by atomic mass is 16.5. The molecule has 13 heavy (non-hydrogen) atoms. The van der Waals surface area contributed by atoms with E-state index in [1.807, 2.05) is 6.92 Å². The fraction of sp³-hybridized carbons (Fsp3) is 0.727. The van der Waals surface area contributed by atoms with Crippen molar-refractivity contribution in [2.75, 3.05) is 13.7 Å². The lowest BCUT2D eigenvalue weighted by atomic mass is 9.72. The molecule has 0 amide bonds. The van der Waals surface area contributed by atoms with Crippen molar-refractivity contribution in [2.24, 2.45) is 5.41 Å². The van der Waals surface area contributed by atoms with E-state index in [1.165, 1.54) is 5.57 Å². The first kappa shape index (κ1) is 10.5. The van der Waals surface area contributed by atoms with E-state index in [2.05, 4.69) is 6.92 Å². The van der Waals surface area contributed by atoms with E-state index in [4.69, 9.17) is 4.74 Å². The molecule has 0 aromatic heterocycles. The number of allylic oxidation sites excluding steroid dienone is 2. The first-order valence-corrected chi connectivity index (χ1v) is 4.79. The monoisotopic (exact) mass is 182 g/mol. The van der Waals surface area contributed by atoms with Gasteiger partial charge in [0.2, 0.25) is 0 Å². The third kappa shape index (κ3) is 2.41. The second kappa shape index (κ2) is 4.05. The van der Waals surface area contributed by atoms with Crippen molar-refractivity contribution in [1.29, 1.82) is 0 Å². The Balaban J connectivity index is 2.67. The molecule has 1 aliphatic carbocycles. The Labute approximate surface area is 80.0 Å². The van der Waals surface area contributed by atoms with E-state index in [0.29, 0.717) is 6.42 Å². The van der Waals surface area contributed by atoms with E-state index in [1.54, 1.807) is 13.2 Å². The lowest BCUT2D eigenvalue weighted by Gasteiger charge is -2.33. The average Bonchev–Trinajstić information content (AvgIpc) is 2.09. The van der Waals surface area contributed by atoms with Crippen molar-refractivity contribution in [3.63, 3.8) is 0 Å². The van der Waals surface area contributed by atoms with Gasteiger partial charge in [0.25, 0.3) is 0 Å². The van der Waals surface area contributed by atoms with Crippen LogP contribution < -0.4 is 0 Å². The van der Waals surface area contributed by atoms with Gasteiger partial charge in [0.1, 0.15) is 0 Å². The summed E-state index contributed by atoms with van der Waals surface area (Å²) in [6.07, 6.45) is 4.47. The largest absolute Gasteiger partial charge is 0.385 e. The number of rotatable bonds is 3. The summed E-state index contributed by atoms with van der Waals surface area (Å²) in [6, 6.07) is 0. The molecule has 1 unspecified atom stereocenters. The van der Waals surface area contributed by atoms with Gasteiger partial charge in [-0.3, -0.25) is 4.79 Å². The first-order chi connectivity index (χ1) is 6.08. The molecule has 1 atom stereocenters. The molecule has 0 aliphatic heterocycles. The summed E-state index contributed by atoms with van der Waals surface area (Å²) in [7, 11) is 1.72. The number of carbonyl (C=O) groups is 1. The number of ether oxygens (including phenoxy) is 1. The lowest BCUT2D eigenvalue weighted by Crippen LogP contribution is -2.25. The van der Waals surface area contributed by atoms with Crippen molar-refractivity contribution in [2.45, 2.75) is 33.1 Å². The Morgan fingerprint density at radius 2 is 2.31 bits per heavy atom. The van der Waals surface area contributed by atoms with Crippen LogP contribution in [0.2, 0.25) is 0 Å². The van der Waals surface area contributed by atoms with Crippen LogP contribution in [0.15, 0.2) is 11.6 Å². The Morgan fingerprint density at radius 1 is 1.62 bits per heavy atom. The zero-order valence-corrected chi connectivity index (χ0v) is 8.72. The van der Waals surface area contributed by atoms with Crippen molar-refractivity contribution in [3.8, 4) is 0 Å². The summed E-state index contributed by atoms with van der Waals surface area (Å²) < 4.78 is 5.07. The fourth-order valence-electron chi connectivity index (χ4n) is 1.73. The smallest absolute Gasteiger partial charge is 0.155 e. The van der Waals surface area contributed by atoms with Gasteiger partial charge in [-0.2, -0.15) is 0 Å². The molecule has 0 fully saturated rings. The van der Waals surface area contributed by atoms with Gasteiger partial charge >= 0.3 is 0 Å². The lowest BCUT2D eigenvalue weighted by molar-refractivity contribution is -0.115. The standard InChI is InChI=1S/C11H18O2/c1-9-8-10(12)4-5-11(9,2)6-7-13-3/h8H,4-7H2,1-3H3. The van der Waals surface area contributed by atoms with E-state index in [-0.39, 0.29) is 11.2 Å². The molecule has 0 radical (unpaired) electrons. The number of ketones is 1. The molecule has 0 heterocycles. The molecule has 1 rings (SSSR count). The van der Waals surface area contributed by atoms with Crippen LogP contribution in [0.1, 0.15) is 33.1 Å². The van der Waals surface area contributed by atoms with Crippen LogP contribution in [0.3, 0.4) is 0 Å². The molecular formula is C11H18O2. The van der Waals surface area contributed by atoms with Crippen LogP contribution >= 0.6 is 0 Å². The molecule has 0 N–H and O–H groups in total. The van der Waals surface area contributed by atoms with Crippen LogP contribution in [-0.4, -0.2) is 19.5 Å². The van der Waals surface area contributed by atoms with Crippen molar-refractivity contribution in [3.05, 3.63) is 11.6 Å². The van der Waals surface area contributed by atoms with E-state index in [9.17, 15) is 4.79 Å². The normalized spacial score (nSPS) is 28.8. The third-order valence-electron chi connectivity index (χ3n) is 3.11. The topological polar surface area (TPSA) is 26.3 Å². The highest BCUT2D eigenvalue weighted by Gasteiger charge is 2.30. The van der Waals surface area contributed by atoms with Gasteiger partial charge in [-0.05, 0) is 31.3 Å². The molecule has 0 saturated carbocycles. The Bertz CT molecular complexity index is 230. The van der Waals surface area contributed by atoms with Crippen LogP contribution in [0.25, 0.3) is 0 Å².